The van der Waals surface area contributed by atoms with Crippen LogP contribution in [0.25, 0.3) is 6.08 Å². The Kier molecular flexibility index (Phi) is 4.64. The van der Waals surface area contributed by atoms with Crippen LogP contribution in [0.3, 0.4) is 0 Å². The number of nitrogen functional groups attached to an aromatic ring is 2. The molecule has 7 N–H and O–H groups in total. The van der Waals surface area contributed by atoms with E-state index >= 15 is 0 Å². The number of carbonyl (C=O) groups is 1. The fraction of sp³-hybridized carbons (Fsp3) is 0.143. The lowest BCUT2D eigenvalue weighted by molar-refractivity contribution is -0.111. The second kappa shape index (κ2) is 6.64. The van der Waals surface area contributed by atoms with E-state index in [0.29, 0.717) is 22.8 Å². The van der Waals surface area contributed by atoms with Crippen molar-refractivity contribution in [1.82, 2.24) is 9.78 Å². The van der Waals surface area contributed by atoms with Gasteiger partial charge in [-0.05, 0) is 24.3 Å². The van der Waals surface area contributed by atoms with Gasteiger partial charge in [-0.2, -0.15) is 5.10 Å². The average molecular weight is 303 g/mol. The SMILES string of the molecule is Nc1ccc(O)c(C=CC(=O)Nc2c(N)cnn2CCO)c1. The van der Waals surface area contributed by atoms with Crippen molar-refractivity contribution in [3.05, 3.63) is 36.0 Å². The fourth-order valence-corrected chi connectivity index (χ4v) is 1.83. The van der Waals surface area contributed by atoms with Crippen LogP contribution in [0.4, 0.5) is 17.2 Å². The van der Waals surface area contributed by atoms with Crippen molar-refractivity contribution < 1.29 is 15.0 Å². The lowest BCUT2D eigenvalue weighted by atomic mass is 10.1. The van der Waals surface area contributed by atoms with Gasteiger partial charge in [0.25, 0.3) is 0 Å². The van der Waals surface area contributed by atoms with Gasteiger partial charge in [-0.25, -0.2) is 4.68 Å². The lowest BCUT2D eigenvalue weighted by Gasteiger charge is -2.07. The Balaban J connectivity index is 2.11. The molecular weight excluding hydrogens is 286 g/mol. The van der Waals surface area contributed by atoms with Crippen LogP contribution in [0.5, 0.6) is 5.75 Å². The summed E-state index contributed by atoms with van der Waals surface area (Å²) in [6, 6.07) is 4.55. The molecule has 1 aromatic heterocycles. The summed E-state index contributed by atoms with van der Waals surface area (Å²) in [7, 11) is 0. The molecule has 8 heteroatoms. The Hall–Kier alpha value is -3.00. The number of anilines is 3. The first-order valence-corrected chi connectivity index (χ1v) is 6.51. The maximum absolute atomic E-state index is 11.9. The van der Waals surface area contributed by atoms with Gasteiger partial charge in [-0.3, -0.25) is 4.79 Å². The molecule has 0 fully saturated rings. The number of benzene rings is 1. The Labute approximate surface area is 126 Å². The van der Waals surface area contributed by atoms with Crippen molar-refractivity contribution in [2.24, 2.45) is 0 Å². The van der Waals surface area contributed by atoms with Crippen LogP contribution >= 0.6 is 0 Å². The first-order chi connectivity index (χ1) is 10.5. The van der Waals surface area contributed by atoms with E-state index in [4.69, 9.17) is 16.6 Å². The van der Waals surface area contributed by atoms with Crippen LogP contribution in [0.15, 0.2) is 30.5 Å². The van der Waals surface area contributed by atoms with E-state index in [0.717, 1.165) is 0 Å². The largest absolute Gasteiger partial charge is 0.507 e. The highest BCUT2D eigenvalue weighted by Crippen LogP contribution is 2.21. The van der Waals surface area contributed by atoms with Crippen LogP contribution in [0.2, 0.25) is 0 Å². The molecule has 0 aliphatic carbocycles. The molecule has 2 rings (SSSR count). The van der Waals surface area contributed by atoms with Crippen molar-refractivity contribution >= 4 is 29.2 Å². The summed E-state index contributed by atoms with van der Waals surface area (Å²) in [4.78, 5) is 11.9. The number of aliphatic hydroxyl groups excluding tert-OH is 1. The number of nitrogens with two attached hydrogens (primary N) is 2. The summed E-state index contributed by atoms with van der Waals surface area (Å²) < 4.78 is 1.39. The molecule has 0 bridgehead atoms. The fourth-order valence-electron chi connectivity index (χ4n) is 1.83. The number of nitrogens with one attached hydrogen (secondary N) is 1. The Morgan fingerprint density at radius 2 is 2.18 bits per heavy atom. The second-order valence-electron chi connectivity index (χ2n) is 4.54. The van der Waals surface area contributed by atoms with E-state index in [9.17, 15) is 9.90 Å². The van der Waals surface area contributed by atoms with Gasteiger partial charge in [0, 0.05) is 17.3 Å². The number of aliphatic hydroxyl groups is 1. The third-order valence-electron chi connectivity index (χ3n) is 2.89. The molecule has 0 radical (unpaired) electrons. The second-order valence-corrected chi connectivity index (χ2v) is 4.54. The average Bonchev–Trinajstić information content (AvgIpc) is 2.82. The van der Waals surface area contributed by atoms with E-state index in [1.807, 2.05) is 0 Å². The van der Waals surface area contributed by atoms with Gasteiger partial charge in [-0.1, -0.05) is 0 Å². The van der Waals surface area contributed by atoms with Gasteiger partial charge < -0.3 is 27.0 Å². The number of aromatic hydroxyl groups is 1. The first-order valence-electron chi connectivity index (χ1n) is 6.51. The third-order valence-corrected chi connectivity index (χ3v) is 2.89. The van der Waals surface area contributed by atoms with E-state index in [1.165, 1.54) is 29.1 Å². The van der Waals surface area contributed by atoms with E-state index < -0.39 is 5.91 Å². The lowest BCUT2D eigenvalue weighted by Crippen LogP contribution is -2.15. The van der Waals surface area contributed by atoms with Crippen LogP contribution in [0.1, 0.15) is 5.56 Å². The molecule has 1 amide bonds. The minimum atomic E-state index is -0.451. The maximum atomic E-state index is 11.9. The molecule has 0 saturated carbocycles. The van der Waals surface area contributed by atoms with Crippen LogP contribution in [-0.2, 0) is 11.3 Å². The molecule has 8 nitrogen and oxygen atoms in total. The topological polar surface area (TPSA) is 139 Å². The molecule has 1 heterocycles. The normalized spacial score (nSPS) is 11.0. The zero-order valence-electron chi connectivity index (χ0n) is 11.7. The number of carbonyl (C=O) groups excluding carboxylic acids is 1. The maximum Gasteiger partial charge on any atom is 0.249 e. The minimum absolute atomic E-state index is 0.0167. The summed E-state index contributed by atoms with van der Waals surface area (Å²) >= 11 is 0. The van der Waals surface area contributed by atoms with Gasteiger partial charge in [0.2, 0.25) is 5.91 Å². The minimum Gasteiger partial charge on any atom is -0.507 e. The van der Waals surface area contributed by atoms with Crippen molar-refractivity contribution in [2.45, 2.75) is 6.54 Å². The van der Waals surface area contributed by atoms with E-state index in [-0.39, 0.29) is 18.9 Å². The van der Waals surface area contributed by atoms with E-state index in [1.54, 1.807) is 12.1 Å². The number of amides is 1. The van der Waals surface area contributed by atoms with Gasteiger partial charge in [-0.15, -0.1) is 0 Å². The molecule has 116 valence electrons. The number of aromatic nitrogens is 2. The molecule has 0 spiro atoms. The molecule has 0 aliphatic rings. The Morgan fingerprint density at radius 1 is 1.41 bits per heavy atom. The zero-order chi connectivity index (χ0) is 16.1. The van der Waals surface area contributed by atoms with Gasteiger partial charge in [0.1, 0.15) is 5.75 Å². The monoisotopic (exact) mass is 303 g/mol. The Morgan fingerprint density at radius 3 is 2.91 bits per heavy atom. The van der Waals surface area contributed by atoms with Gasteiger partial charge >= 0.3 is 0 Å². The summed E-state index contributed by atoms with van der Waals surface area (Å²) in [5.74, 6) is -0.128. The van der Waals surface area contributed by atoms with Crippen molar-refractivity contribution in [3.8, 4) is 5.75 Å². The molecule has 0 unspecified atom stereocenters. The number of rotatable bonds is 5. The summed E-state index contributed by atoms with van der Waals surface area (Å²) in [6.45, 7) is 0.0868. The van der Waals surface area contributed by atoms with Crippen molar-refractivity contribution in [1.29, 1.82) is 0 Å². The number of hydrogen-bond donors (Lipinski definition) is 5. The number of phenolic OH excluding ortho intramolecular Hbond substituents is 1. The number of nitrogens with zero attached hydrogens (tertiary/aromatic N) is 2. The quantitative estimate of drug-likeness (QED) is 0.308. The predicted molar refractivity (Wildman–Crippen MR) is 83.9 cm³/mol. The first kappa shape index (κ1) is 15.4. The Bertz CT molecular complexity index is 708. The van der Waals surface area contributed by atoms with Crippen LogP contribution < -0.4 is 16.8 Å². The summed E-state index contributed by atoms with van der Waals surface area (Å²) in [5.41, 5.74) is 12.5. The van der Waals surface area contributed by atoms with E-state index in [2.05, 4.69) is 10.4 Å². The van der Waals surface area contributed by atoms with Gasteiger partial charge in [0.15, 0.2) is 5.82 Å². The smallest absolute Gasteiger partial charge is 0.249 e. The van der Waals surface area contributed by atoms with Crippen molar-refractivity contribution in [3.63, 3.8) is 0 Å². The van der Waals surface area contributed by atoms with Crippen LogP contribution in [-0.4, -0.2) is 32.5 Å². The number of phenols is 1. The highest BCUT2D eigenvalue weighted by Gasteiger charge is 2.10. The molecular formula is C14H17N5O3. The van der Waals surface area contributed by atoms with Crippen LogP contribution in [0, 0.1) is 0 Å². The number of hydrogen-bond acceptors (Lipinski definition) is 6. The van der Waals surface area contributed by atoms with Crippen molar-refractivity contribution in [2.75, 3.05) is 23.4 Å². The molecule has 2 aromatic rings. The predicted octanol–water partition coefficient (Wildman–Crippen LogP) is 0.397. The molecule has 22 heavy (non-hydrogen) atoms. The summed E-state index contributed by atoms with van der Waals surface area (Å²) in [5, 5.41) is 25.1. The zero-order valence-corrected chi connectivity index (χ0v) is 11.7. The highest BCUT2D eigenvalue weighted by molar-refractivity contribution is 6.03. The molecule has 0 aliphatic heterocycles. The third kappa shape index (κ3) is 3.55. The molecule has 0 saturated heterocycles. The summed E-state index contributed by atoms with van der Waals surface area (Å²) in [6.07, 6.45) is 4.06. The molecule has 1 aromatic carbocycles. The standard InChI is InChI=1S/C14H17N5O3/c15-10-2-3-12(21)9(7-10)1-4-13(22)18-14-11(16)8-17-19(14)5-6-20/h1-4,7-8,20-21H,5-6,15-16H2,(H,18,22). The van der Waals surface area contributed by atoms with Gasteiger partial charge in [0.05, 0.1) is 25.0 Å². The highest BCUT2D eigenvalue weighted by atomic mass is 16.3. The molecule has 0 atom stereocenters.